The smallest absolute Gasteiger partial charge is 0.407 e. The van der Waals surface area contributed by atoms with E-state index in [0.29, 0.717) is 5.04 Å². The van der Waals surface area contributed by atoms with E-state index in [1.807, 2.05) is 60.7 Å². The molecule has 0 bridgehead atoms. The van der Waals surface area contributed by atoms with Gasteiger partial charge in [0.1, 0.15) is 6.61 Å². The van der Waals surface area contributed by atoms with Gasteiger partial charge in [0.25, 0.3) is 0 Å². The molecule has 0 saturated carbocycles. The SMILES string of the molecule is N=C(CNC(=O)OCc1ccccc1)SCc1ccccc1. The van der Waals surface area contributed by atoms with Gasteiger partial charge in [0.2, 0.25) is 0 Å². The van der Waals surface area contributed by atoms with E-state index in [-0.39, 0.29) is 13.2 Å². The summed E-state index contributed by atoms with van der Waals surface area (Å²) in [6.07, 6.45) is -0.506. The number of ether oxygens (including phenoxy) is 1. The highest BCUT2D eigenvalue weighted by Crippen LogP contribution is 2.12. The van der Waals surface area contributed by atoms with Crippen molar-refractivity contribution in [3.8, 4) is 0 Å². The second-order valence-corrected chi connectivity index (χ2v) is 5.68. The Kier molecular flexibility index (Phi) is 6.51. The summed E-state index contributed by atoms with van der Waals surface area (Å²) >= 11 is 1.40. The lowest BCUT2D eigenvalue weighted by atomic mass is 10.2. The second kappa shape index (κ2) is 8.89. The number of hydrogen-bond donors (Lipinski definition) is 2. The van der Waals surface area contributed by atoms with Gasteiger partial charge in [0.15, 0.2) is 0 Å². The van der Waals surface area contributed by atoms with Crippen LogP contribution >= 0.6 is 11.8 Å². The first-order valence-corrected chi connectivity index (χ1v) is 7.91. The largest absolute Gasteiger partial charge is 0.445 e. The molecule has 2 aromatic rings. The molecule has 4 nitrogen and oxygen atoms in total. The number of carbonyl (C=O) groups excluding carboxylic acids is 1. The molecule has 0 unspecified atom stereocenters. The molecule has 2 aromatic carbocycles. The van der Waals surface area contributed by atoms with E-state index < -0.39 is 6.09 Å². The summed E-state index contributed by atoms with van der Waals surface area (Å²) in [6, 6.07) is 19.4. The van der Waals surface area contributed by atoms with E-state index in [1.54, 1.807) is 0 Å². The Bertz CT molecular complexity index is 547. The maximum atomic E-state index is 11.6. The number of thioether (sulfide) groups is 1. The number of hydrogen-bond acceptors (Lipinski definition) is 4. The van der Waals surface area contributed by atoms with Gasteiger partial charge in [0, 0.05) is 5.75 Å². The van der Waals surface area contributed by atoms with Crippen LogP contribution in [0.15, 0.2) is 60.7 Å². The van der Waals surface area contributed by atoms with Gasteiger partial charge in [-0.2, -0.15) is 0 Å². The van der Waals surface area contributed by atoms with Crippen LogP contribution in [-0.2, 0) is 17.1 Å². The first kappa shape index (κ1) is 16.1. The van der Waals surface area contributed by atoms with Crippen molar-refractivity contribution in [1.82, 2.24) is 5.32 Å². The molecule has 0 saturated heterocycles. The fraction of sp³-hybridized carbons (Fsp3) is 0.176. The van der Waals surface area contributed by atoms with Gasteiger partial charge in [-0.05, 0) is 11.1 Å². The number of alkyl carbamates (subject to hydrolysis) is 1. The Morgan fingerprint density at radius 1 is 1.00 bits per heavy atom. The Hall–Kier alpha value is -2.27. The summed E-state index contributed by atoms with van der Waals surface area (Å²) < 4.78 is 5.09. The minimum Gasteiger partial charge on any atom is -0.445 e. The fourth-order valence-corrected chi connectivity index (χ4v) is 2.43. The van der Waals surface area contributed by atoms with Crippen molar-refractivity contribution in [2.45, 2.75) is 12.4 Å². The van der Waals surface area contributed by atoms with E-state index in [2.05, 4.69) is 5.32 Å². The molecule has 5 heteroatoms. The van der Waals surface area contributed by atoms with Crippen LogP contribution in [0.5, 0.6) is 0 Å². The van der Waals surface area contributed by atoms with Crippen molar-refractivity contribution < 1.29 is 9.53 Å². The highest BCUT2D eigenvalue weighted by atomic mass is 32.2. The highest BCUT2D eigenvalue weighted by molar-refractivity contribution is 8.13. The third-order valence-electron chi connectivity index (χ3n) is 2.86. The monoisotopic (exact) mass is 314 g/mol. The topological polar surface area (TPSA) is 62.2 Å². The van der Waals surface area contributed by atoms with Gasteiger partial charge >= 0.3 is 6.09 Å². The molecule has 2 rings (SSSR count). The summed E-state index contributed by atoms with van der Waals surface area (Å²) in [5.74, 6) is 0.723. The third kappa shape index (κ3) is 6.01. The average Bonchev–Trinajstić information content (AvgIpc) is 2.58. The average molecular weight is 314 g/mol. The van der Waals surface area contributed by atoms with Crippen molar-refractivity contribution in [3.05, 3.63) is 71.8 Å². The van der Waals surface area contributed by atoms with Crippen LogP contribution in [0.1, 0.15) is 11.1 Å². The Morgan fingerprint density at radius 3 is 2.23 bits per heavy atom. The van der Waals surface area contributed by atoms with Crippen LogP contribution in [0.25, 0.3) is 0 Å². The Labute approximate surface area is 134 Å². The third-order valence-corrected chi connectivity index (χ3v) is 3.83. The van der Waals surface area contributed by atoms with Crippen molar-refractivity contribution in [1.29, 1.82) is 5.41 Å². The van der Waals surface area contributed by atoms with E-state index >= 15 is 0 Å². The molecule has 0 radical (unpaired) electrons. The Balaban J connectivity index is 1.62. The fourth-order valence-electron chi connectivity index (χ4n) is 1.72. The predicted octanol–water partition coefficient (Wildman–Crippen LogP) is 3.82. The van der Waals surface area contributed by atoms with Crippen LogP contribution in [-0.4, -0.2) is 17.7 Å². The normalized spacial score (nSPS) is 10.0. The summed E-state index contributed by atoms with van der Waals surface area (Å²) in [5.41, 5.74) is 2.09. The second-order valence-electron chi connectivity index (χ2n) is 4.61. The molecule has 0 spiro atoms. The van der Waals surface area contributed by atoms with Crippen LogP contribution < -0.4 is 5.32 Å². The molecule has 114 valence electrons. The van der Waals surface area contributed by atoms with E-state index in [4.69, 9.17) is 10.1 Å². The zero-order valence-electron chi connectivity index (χ0n) is 12.1. The molecule has 0 aliphatic carbocycles. The molecular formula is C17H18N2O2S. The molecule has 0 aliphatic rings. The number of benzene rings is 2. The van der Waals surface area contributed by atoms with Gasteiger partial charge in [-0.15, -0.1) is 11.8 Å². The minimum atomic E-state index is -0.506. The van der Waals surface area contributed by atoms with Crippen LogP contribution in [0.3, 0.4) is 0 Å². The van der Waals surface area contributed by atoms with E-state index in [9.17, 15) is 4.79 Å². The summed E-state index contributed by atoms with van der Waals surface area (Å²) in [5, 5.41) is 10.8. The predicted molar refractivity (Wildman–Crippen MR) is 90.1 cm³/mol. The molecule has 22 heavy (non-hydrogen) atoms. The zero-order valence-corrected chi connectivity index (χ0v) is 12.9. The first-order chi connectivity index (χ1) is 10.7. The van der Waals surface area contributed by atoms with Gasteiger partial charge in [-0.25, -0.2) is 4.79 Å². The lowest BCUT2D eigenvalue weighted by molar-refractivity contribution is 0.141. The molecule has 1 amide bonds. The summed E-state index contributed by atoms with van der Waals surface area (Å²) in [6.45, 7) is 0.419. The van der Waals surface area contributed by atoms with Crippen LogP contribution in [0.2, 0.25) is 0 Å². The molecular weight excluding hydrogens is 296 g/mol. The van der Waals surface area contributed by atoms with Crippen molar-refractivity contribution in [3.63, 3.8) is 0 Å². The molecule has 0 heterocycles. The minimum absolute atomic E-state index is 0.186. The van der Waals surface area contributed by atoms with E-state index in [1.165, 1.54) is 11.8 Å². The molecule has 0 aliphatic heterocycles. The lowest BCUT2D eigenvalue weighted by Gasteiger charge is -2.08. The van der Waals surface area contributed by atoms with Gasteiger partial charge in [0.05, 0.1) is 11.6 Å². The number of nitrogens with one attached hydrogen (secondary N) is 2. The van der Waals surface area contributed by atoms with Gasteiger partial charge < -0.3 is 10.1 Å². The molecule has 2 N–H and O–H groups in total. The maximum Gasteiger partial charge on any atom is 0.407 e. The maximum absolute atomic E-state index is 11.6. The summed E-state index contributed by atoms with van der Waals surface area (Å²) in [7, 11) is 0. The number of amides is 1. The van der Waals surface area contributed by atoms with Crippen molar-refractivity contribution in [2.24, 2.45) is 0 Å². The zero-order chi connectivity index (χ0) is 15.6. The molecule has 0 aromatic heterocycles. The summed E-state index contributed by atoms with van der Waals surface area (Å²) in [4.78, 5) is 11.6. The van der Waals surface area contributed by atoms with Crippen LogP contribution in [0.4, 0.5) is 4.79 Å². The first-order valence-electron chi connectivity index (χ1n) is 6.93. The van der Waals surface area contributed by atoms with Crippen molar-refractivity contribution in [2.75, 3.05) is 6.54 Å². The number of rotatable bonds is 6. The number of carbonyl (C=O) groups is 1. The van der Waals surface area contributed by atoms with E-state index in [0.717, 1.165) is 16.9 Å². The van der Waals surface area contributed by atoms with Gasteiger partial charge in [-0.1, -0.05) is 60.7 Å². The van der Waals surface area contributed by atoms with Gasteiger partial charge in [-0.3, -0.25) is 5.41 Å². The van der Waals surface area contributed by atoms with Crippen molar-refractivity contribution >= 4 is 22.9 Å². The molecule has 0 fully saturated rings. The standard InChI is InChI=1S/C17H18N2O2S/c18-16(22-13-15-9-5-2-6-10-15)11-19-17(20)21-12-14-7-3-1-4-8-14/h1-10,18H,11-13H2,(H,19,20). The van der Waals surface area contributed by atoms with Crippen LogP contribution in [0, 0.1) is 5.41 Å². The lowest BCUT2D eigenvalue weighted by Crippen LogP contribution is -2.28. The Morgan fingerprint density at radius 2 is 1.59 bits per heavy atom. The quantitative estimate of drug-likeness (QED) is 0.629. The molecule has 0 atom stereocenters. The highest BCUT2D eigenvalue weighted by Gasteiger charge is 2.05.